The zero-order chi connectivity index (χ0) is 12.0. The number of rotatable bonds is 6. The van der Waals surface area contributed by atoms with Gasteiger partial charge in [-0.2, -0.15) is 0 Å². The van der Waals surface area contributed by atoms with Crippen molar-refractivity contribution < 1.29 is 19.4 Å². The van der Waals surface area contributed by atoms with Crippen LogP contribution in [0.15, 0.2) is 6.33 Å². The first-order valence-electron chi connectivity index (χ1n) is 4.79. The Labute approximate surface area is 91.8 Å². The van der Waals surface area contributed by atoms with Gasteiger partial charge in [0.15, 0.2) is 11.4 Å². The van der Waals surface area contributed by atoms with Gasteiger partial charge < -0.3 is 20.1 Å². The quantitative estimate of drug-likeness (QED) is 0.587. The lowest BCUT2D eigenvalue weighted by Crippen LogP contribution is -2.28. The van der Waals surface area contributed by atoms with Gasteiger partial charge in [0, 0.05) is 13.2 Å². The molecule has 0 fully saturated rings. The summed E-state index contributed by atoms with van der Waals surface area (Å²) in [6.07, 6.45) is 1.17. The Hall–Kier alpha value is -1.89. The fraction of sp³-hybridized carbons (Fsp3) is 0.444. The van der Waals surface area contributed by atoms with Crippen molar-refractivity contribution in [3.8, 4) is 0 Å². The number of nitrogens with one attached hydrogen (secondary N) is 2. The number of carbonyl (C=O) groups is 2. The number of hydrogen-bond acceptors (Lipinski definition) is 4. The van der Waals surface area contributed by atoms with E-state index in [1.165, 1.54) is 6.33 Å². The molecule has 0 unspecified atom stereocenters. The minimum Gasteiger partial charge on any atom is -0.477 e. The Balaban J connectivity index is 2.53. The summed E-state index contributed by atoms with van der Waals surface area (Å²) < 4.78 is 5.02. The molecule has 0 radical (unpaired) electrons. The summed E-state index contributed by atoms with van der Waals surface area (Å²) >= 11 is 0. The lowest BCUT2D eigenvalue weighted by Gasteiger charge is -2.03. The van der Waals surface area contributed by atoms with Gasteiger partial charge in [-0.1, -0.05) is 0 Å². The zero-order valence-electron chi connectivity index (χ0n) is 8.82. The monoisotopic (exact) mass is 227 g/mol. The molecule has 0 aliphatic carbocycles. The Kier molecular flexibility index (Phi) is 4.46. The van der Waals surface area contributed by atoms with Gasteiger partial charge in [0.1, 0.15) is 0 Å². The number of nitrogens with zero attached hydrogens (tertiary/aromatic N) is 1. The van der Waals surface area contributed by atoms with Gasteiger partial charge in [0.25, 0.3) is 5.91 Å². The molecule has 1 amide bonds. The lowest BCUT2D eigenvalue weighted by atomic mass is 10.3. The molecule has 0 saturated carbocycles. The lowest BCUT2D eigenvalue weighted by molar-refractivity contribution is 0.0684. The van der Waals surface area contributed by atoms with Crippen molar-refractivity contribution in [2.75, 3.05) is 19.8 Å². The Morgan fingerprint density at radius 2 is 2.38 bits per heavy atom. The molecule has 1 aromatic heterocycles. The molecule has 16 heavy (non-hydrogen) atoms. The van der Waals surface area contributed by atoms with Gasteiger partial charge in [-0.3, -0.25) is 4.79 Å². The average Bonchev–Trinajstić information content (AvgIpc) is 2.73. The van der Waals surface area contributed by atoms with Crippen molar-refractivity contribution in [3.63, 3.8) is 0 Å². The largest absolute Gasteiger partial charge is 0.477 e. The van der Waals surface area contributed by atoms with Gasteiger partial charge in [-0.05, 0) is 6.92 Å². The normalized spacial score (nSPS) is 10.1. The van der Waals surface area contributed by atoms with Crippen LogP contribution in [0, 0.1) is 0 Å². The van der Waals surface area contributed by atoms with E-state index in [4.69, 9.17) is 9.84 Å². The molecule has 1 rings (SSSR count). The number of aromatic amines is 1. The van der Waals surface area contributed by atoms with Crippen LogP contribution in [-0.2, 0) is 4.74 Å². The fourth-order valence-corrected chi connectivity index (χ4v) is 1.09. The summed E-state index contributed by atoms with van der Waals surface area (Å²) in [6, 6.07) is 0. The van der Waals surface area contributed by atoms with E-state index < -0.39 is 11.9 Å². The highest BCUT2D eigenvalue weighted by Gasteiger charge is 2.18. The van der Waals surface area contributed by atoms with Crippen LogP contribution in [0.2, 0.25) is 0 Å². The molecule has 0 aliphatic heterocycles. The van der Waals surface area contributed by atoms with E-state index in [0.29, 0.717) is 19.8 Å². The molecule has 0 atom stereocenters. The molecule has 7 heteroatoms. The average molecular weight is 227 g/mol. The van der Waals surface area contributed by atoms with E-state index in [-0.39, 0.29) is 11.4 Å². The molecule has 0 aromatic carbocycles. The maximum atomic E-state index is 11.5. The van der Waals surface area contributed by atoms with E-state index >= 15 is 0 Å². The number of aromatic nitrogens is 2. The number of carboxylic acid groups (broad SMARTS) is 1. The molecule has 0 aliphatic rings. The van der Waals surface area contributed by atoms with Gasteiger partial charge in [0.05, 0.1) is 12.9 Å². The molecule has 7 nitrogen and oxygen atoms in total. The predicted molar refractivity (Wildman–Crippen MR) is 54.4 cm³/mol. The maximum Gasteiger partial charge on any atom is 0.354 e. The molecule has 0 bridgehead atoms. The van der Waals surface area contributed by atoms with E-state index in [2.05, 4.69) is 15.3 Å². The summed E-state index contributed by atoms with van der Waals surface area (Å²) in [4.78, 5) is 28.2. The second kappa shape index (κ2) is 5.86. The molecule has 3 N–H and O–H groups in total. The summed E-state index contributed by atoms with van der Waals surface area (Å²) in [5, 5.41) is 11.2. The molecule has 0 spiro atoms. The number of hydrogen-bond donors (Lipinski definition) is 3. The number of imidazole rings is 1. The topological polar surface area (TPSA) is 104 Å². The third-order valence-corrected chi connectivity index (χ3v) is 1.80. The second-order valence-electron chi connectivity index (χ2n) is 2.88. The number of H-pyrrole nitrogens is 1. The smallest absolute Gasteiger partial charge is 0.354 e. The van der Waals surface area contributed by atoms with Gasteiger partial charge >= 0.3 is 5.97 Å². The van der Waals surface area contributed by atoms with Crippen molar-refractivity contribution >= 4 is 11.9 Å². The standard InChI is InChI=1S/C9H13N3O4/c1-2-16-4-3-10-8(13)6-7(9(14)15)12-5-11-6/h5H,2-4H2,1H3,(H,10,13)(H,11,12)(H,14,15). The highest BCUT2D eigenvalue weighted by molar-refractivity contribution is 6.02. The summed E-state index contributed by atoms with van der Waals surface area (Å²) in [6.45, 7) is 3.12. The molecule has 1 aromatic rings. The maximum absolute atomic E-state index is 11.5. The van der Waals surface area contributed by atoms with Crippen LogP contribution < -0.4 is 5.32 Å². The summed E-state index contributed by atoms with van der Waals surface area (Å²) in [5.74, 6) is -1.74. The number of aromatic carboxylic acids is 1. The minimum absolute atomic E-state index is 0.121. The number of ether oxygens (including phenoxy) is 1. The Morgan fingerprint density at radius 1 is 1.62 bits per heavy atom. The first kappa shape index (κ1) is 12.2. The molecular formula is C9H13N3O4. The van der Waals surface area contributed by atoms with Gasteiger partial charge in [-0.25, -0.2) is 9.78 Å². The minimum atomic E-state index is -1.22. The number of carbonyl (C=O) groups excluding carboxylic acids is 1. The first-order valence-corrected chi connectivity index (χ1v) is 4.79. The van der Waals surface area contributed by atoms with Crippen LogP contribution >= 0.6 is 0 Å². The van der Waals surface area contributed by atoms with Crippen LogP contribution in [0.5, 0.6) is 0 Å². The number of amides is 1. The summed E-state index contributed by atoms with van der Waals surface area (Å²) in [7, 11) is 0. The van der Waals surface area contributed by atoms with Gasteiger partial charge in [0.2, 0.25) is 0 Å². The fourth-order valence-electron chi connectivity index (χ4n) is 1.09. The van der Waals surface area contributed by atoms with Crippen molar-refractivity contribution in [1.82, 2.24) is 15.3 Å². The third kappa shape index (κ3) is 3.06. The predicted octanol–water partition coefficient (Wildman–Crippen LogP) is -0.126. The van der Waals surface area contributed by atoms with Crippen molar-refractivity contribution in [2.24, 2.45) is 0 Å². The molecular weight excluding hydrogens is 214 g/mol. The molecule has 0 saturated heterocycles. The van der Waals surface area contributed by atoms with Crippen LogP contribution in [-0.4, -0.2) is 46.7 Å². The number of carboxylic acids is 1. The zero-order valence-corrected chi connectivity index (χ0v) is 8.82. The van der Waals surface area contributed by atoms with Crippen molar-refractivity contribution in [1.29, 1.82) is 0 Å². The van der Waals surface area contributed by atoms with Crippen LogP contribution in [0.3, 0.4) is 0 Å². The Morgan fingerprint density at radius 3 is 3.00 bits per heavy atom. The van der Waals surface area contributed by atoms with E-state index in [9.17, 15) is 9.59 Å². The van der Waals surface area contributed by atoms with Gasteiger partial charge in [-0.15, -0.1) is 0 Å². The highest BCUT2D eigenvalue weighted by Crippen LogP contribution is 2.01. The molecule has 88 valence electrons. The SMILES string of the molecule is CCOCCNC(=O)c1nc[nH]c1C(=O)O. The van der Waals surface area contributed by atoms with Crippen molar-refractivity contribution in [3.05, 3.63) is 17.7 Å². The van der Waals surface area contributed by atoms with Crippen LogP contribution in [0.4, 0.5) is 0 Å². The molecule has 1 heterocycles. The third-order valence-electron chi connectivity index (χ3n) is 1.80. The summed E-state index contributed by atoms with van der Waals surface area (Å²) in [5.41, 5.74) is -0.335. The first-order chi connectivity index (χ1) is 7.66. The van der Waals surface area contributed by atoms with E-state index in [1.54, 1.807) is 0 Å². The Bertz CT molecular complexity index is 375. The van der Waals surface area contributed by atoms with Crippen LogP contribution in [0.25, 0.3) is 0 Å². The van der Waals surface area contributed by atoms with Crippen LogP contribution in [0.1, 0.15) is 27.9 Å². The van der Waals surface area contributed by atoms with E-state index in [0.717, 1.165) is 0 Å². The van der Waals surface area contributed by atoms with E-state index in [1.807, 2.05) is 6.92 Å². The second-order valence-corrected chi connectivity index (χ2v) is 2.88. The highest BCUT2D eigenvalue weighted by atomic mass is 16.5. The van der Waals surface area contributed by atoms with Crippen molar-refractivity contribution in [2.45, 2.75) is 6.92 Å².